The van der Waals surface area contributed by atoms with Gasteiger partial charge >= 0.3 is 0 Å². The highest BCUT2D eigenvalue weighted by Gasteiger charge is 2.25. The van der Waals surface area contributed by atoms with Gasteiger partial charge in [-0.05, 0) is 30.4 Å². The van der Waals surface area contributed by atoms with Gasteiger partial charge in [-0.1, -0.05) is 30.1 Å². The second-order valence-electron chi connectivity index (χ2n) is 4.25. The number of nitrogens with zero attached hydrogens (tertiary/aromatic N) is 1. The van der Waals surface area contributed by atoms with E-state index in [-0.39, 0.29) is 11.2 Å². The van der Waals surface area contributed by atoms with Crippen LogP contribution in [0, 0.1) is 6.92 Å². The fourth-order valence-electron chi connectivity index (χ4n) is 1.84. The van der Waals surface area contributed by atoms with Crippen molar-refractivity contribution in [3.63, 3.8) is 0 Å². The van der Waals surface area contributed by atoms with Crippen molar-refractivity contribution in [2.45, 2.75) is 25.5 Å². The molecule has 0 radical (unpaired) electrons. The van der Waals surface area contributed by atoms with Gasteiger partial charge in [0.05, 0.1) is 11.0 Å². The number of hydrogen-bond donors (Lipinski definition) is 1. The van der Waals surface area contributed by atoms with Gasteiger partial charge in [-0.15, -0.1) is 11.8 Å². The number of thioether (sulfide) groups is 1. The lowest BCUT2D eigenvalue weighted by atomic mass is 10.0. The zero-order valence-corrected chi connectivity index (χ0v) is 13.0. The maximum absolute atomic E-state index is 11.7. The van der Waals surface area contributed by atoms with Gasteiger partial charge in [-0.3, -0.25) is 4.79 Å². The third kappa shape index (κ3) is 3.25. The van der Waals surface area contributed by atoms with Crippen LogP contribution in [0.15, 0.2) is 17.2 Å². The molecule has 1 aliphatic heterocycles. The van der Waals surface area contributed by atoms with Crippen LogP contribution in [0.2, 0.25) is 10.0 Å². The van der Waals surface area contributed by atoms with Gasteiger partial charge in [0.2, 0.25) is 0 Å². The summed E-state index contributed by atoms with van der Waals surface area (Å²) in [4.78, 5) is 11.7. The second-order valence-corrected chi connectivity index (χ2v) is 6.54. The molecule has 1 aromatic carbocycles. The van der Waals surface area contributed by atoms with Crippen molar-refractivity contribution in [2.24, 2.45) is 5.10 Å². The van der Waals surface area contributed by atoms with Crippen LogP contribution in [-0.2, 0) is 4.79 Å². The number of hydrogen-bond acceptors (Lipinski definition) is 3. The minimum Gasteiger partial charge on any atom is -0.272 e. The van der Waals surface area contributed by atoms with Crippen molar-refractivity contribution in [1.29, 1.82) is 0 Å². The van der Waals surface area contributed by atoms with Gasteiger partial charge in [0.15, 0.2) is 0 Å². The van der Waals surface area contributed by atoms with Crippen molar-refractivity contribution in [3.8, 4) is 0 Å². The molecule has 1 aliphatic rings. The second kappa shape index (κ2) is 6.16. The van der Waals surface area contributed by atoms with E-state index in [4.69, 9.17) is 23.2 Å². The first-order valence-electron chi connectivity index (χ1n) is 5.97. The quantitative estimate of drug-likeness (QED) is 0.924. The van der Waals surface area contributed by atoms with E-state index in [9.17, 15) is 4.79 Å². The normalized spacial score (nSPS) is 19.1. The molecule has 1 aromatic rings. The predicted octanol–water partition coefficient (Wildman–Crippen LogP) is 3.65. The lowest BCUT2D eigenvalue weighted by Gasteiger charge is -2.21. The molecule has 0 saturated heterocycles. The van der Waals surface area contributed by atoms with E-state index in [1.165, 1.54) is 0 Å². The fraction of sp³-hybridized carbons (Fsp3) is 0.385. The zero-order valence-electron chi connectivity index (χ0n) is 10.7. The Morgan fingerprint density at radius 1 is 1.42 bits per heavy atom. The van der Waals surface area contributed by atoms with E-state index in [1.54, 1.807) is 11.8 Å². The first kappa shape index (κ1) is 14.7. The summed E-state index contributed by atoms with van der Waals surface area (Å²) in [5.74, 6) is 0.848. The van der Waals surface area contributed by atoms with Crippen LogP contribution in [0.5, 0.6) is 0 Å². The molecule has 102 valence electrons. The maximum Gasteiger partial charge on any atom is 0.253 e. The third-order valence-electron chi connectivity index (χ3n) is 2.95. The van der Waals surface area contributed by atoms with Gasteiger partial charge in [-0.25, -0.2) is 5.43 Å². The number of nitrogens with one attached hydrogen (secondary N) is 1. The Bertz CT molecular complexity index is 522. The molecule has 1 N–H and O–H groups in total. The summed E-state index contributed by atoms with van der Waals surface area (Å²) in [5.41, 5.74) is 5.09. The fourth-order valence-corrected chi connectivity index (χ4v) is 3.21. The first-order valence-corrected chi connectivity index (χ1v) is 7.77. The average Bonchev–Trinajstić information content (AvgIpc) is 2.38. The molecule has 1 unspecified atom stereocenters. The van der Waals surface area contributed by atoms with Crippen LogP contribution >= 0.6 is 35.0 Å². The summed E-state index contributed by atoms with van der Waals surface area (Å²) in [6.07, 6.45) is 0.597. The average molecular weight is 317 g/mol. The van der Waals surface area contributed by atoms with Crippen molar-refractivity contribution in [3.05, 3.63) is 33.3 Å². The van der Waals surface area contributed by atoms with Crippen LogP contribution in [-0.4, -0.2) is 22.6 Å². The topological polar surface area (TPSA) is 41.5 Å². The Kier molecular flexibility index (Phi) is 4.76. The van der Waals surface area contributed by atoms with E-state index in [1.807, 2.05) is 26.0 Å². The minimum atomic E-state index is -0.101. The molecule has 2 rings (SSSR count). The van der Waals surface area contributed by atoms with Crippen LogP contribution in [0.1, 0.15) is 24.5 Å². The summed E-state index contributed by atoms with van der Waals surface area (Å²) in [6, 6.07) is 3.68. The molecule has 0 aromatic heterocycles. The highest BCUT2D eigenvalue weighted by Crippen LogP contribution is 2.28. The number of carbonyl (C=O) groups excluding carboxylic acids is 1. The largest absolute Gasteiger partial charge is 0.272 e. The van der Waals surface area contributed by atoms with Crippen molar-refractivity contribution < 1.29 is 4.79 Å². The SMILES string of the molecule is CCSC1CC(c2cc(Cl)c(C)c(Cl)c2)=NNC1=O. The summed E-state index contributed by atoms with van der Waals surface area (Å²) in [7, 11) is 0. The molecule has 1 amide bonds. The number of hydrazone groups is 1. The van der Waals surface area contributed by atoms with Crippen molar-refractivity contribution in [2.75, 3.05) is 5.75 Å². The Morgan fingerprint density at radius 2 is 2.05 bits per heavy atom. The first-order chi connectivity index (χ1) is 9.02. The minimum absolute atomic E-state index is 0.0418. The molecule has 1 heterocycles. The predicted molar refractivity (Wildman–Crippen MR) is 82.4 cm³/mol. The van der Waals surface area contributed by atoms with Crippen molar-refractivity contribution >= 4 is 46.6 Å². The van der Waals surface area contributed by atoms with Gasteiger partial charge in [0.1, 0.15) is 0 Å². The van der Waals surface area contributed by atoms with E-state index in [0.717, 1.165) is 22.6 Å². The standard InChI is InChI=1S/C13H14Cl2N2OS/c1-3-19-12-6-11(16-17-13(12)18)8-4-9(14)7(2)10(15)5-8/h4-5,12H,3,6H2,1-2H3,(H,17,18). The van der Waals surface area contributed by atoms with E-state index < -0.39 is 0 Å². The molecule has 0 fully saturated rings. The molecule has 0 bridgehead atoms. The summed E-state index contributed by atoms with van der Waals surface area (Å²) in [5, 5.41) is 5.24. The Balaban J connectivity index is 2.30. The van der Waals surface area contributed by atoms with Gasteiger partial charge < -0.3 is 0 Å². The van der Waals surface area contributed by atoms with Crippen LogP contribution in [0.25, 0.3) is 0 Å². The van der Waals surface area contributed by atoms with E-state index in [0.29, 0.717) is 16.5 Å². The number of amides is 1. The summed E-state index contributed by atoms with van der Waals surface area (Å²) >= 11 is 13.9. The van der Waals surface area contributed by atoms with E-state index in [2.05, 4.69) is 10.5 Å². The lowest BCUT2D eigenvalue weighted by molar-refractivity contribution is -0.120. The molecular weight excluding hydrogens is 303 g/mol. The lowest BCUT2D eigenvalue weighted by Crippen LogP contribution is -2.37. The molecule has 0 saturated carbocycles. The molecule has 0 spiro atoms. The van der Waals surface area contributed by atoms with E-state index >= 15 is 0 Å². The van der Waals surface area contributed by atoms with Gasteiger partial charge in [0, 0.05) is 22.0 Å². The molecule has 0 aliphatic carbocycles. The van der Waals surface area contributed by atoms with Crippen LogP contribution in [0.4, 0.5) is 0 Å². The molecule has 6 heteroatoms. The summed E-state index contributed by atoms with van der Waals surface area (Å²) in [6.45, 7) is 3.90. The third-order valence-corrected chi connectivity index (χ3v) is 4.86. The maximum atomic E-state index is 11.7. The van der Waals surface area contributed by atoms with Gasteiger partial charge in [-0.2, -0.15) is 5.10 Å². The highest BCUT2D eigenvalue weighted by atomic mass is 35.5. The monoisotopic (exact) mass is 316 g/mol. The molecule has 19 heavy (non-hydrogen) atoms. The van der Waals surface area contributed by atoms with Gasteiger partial charge in [0.25, 0.3) is 5.91 Å². The number of benzene rings is 1. The van der Waals surface area contributed by atoms with Crippen molar-refractivity contribution in [1.82, 2.24) is 5.43 Å². The number of rotatable bonds is 3. The highest BCUT2D eigenvalue weighted by molar-refractivity contribution is 8.00. The number of halogens is 2. The summed E-state index contributed by atoms with van der Waals surface area (Å²) < 4.78 is 0. The molecule has 3 nitrogen and oxygen atoms in total. The Hall–Kier alpha value is -0.710. The zero-order chi connectivity index (χ0) is 14.0. The molecule has 1 atom stereocenters. The smallest absolute Gasteiger partial charge is 0.253 e. The van der Waals surface area contributed by atoms with Crippen LogP contribution in [0.3, 0.4) is 0 Å². The Morgan fingerprint density at radius 3 is 2.63 bits per heavy atom. The number of carbonyl (C=O) groups is 1. The van der Waals surface area contributed by atoms with Crippen LogP contribution < -0.4 is 5.43 Å². The Labute approximate surface area is 126 Å². The molecular formula is C13H14Cl2N2OS.